The lowest BCUT2D eigenvalue weighted by Crippen LogP contribution is -2.47. The number of rotatable bonds is 11. The zero-order valence-electron chi connectivity index (χ0n) is 23.1. The summed E-state index contributed by atoms with van der Waals surface area (Å²) in [4.78, 5) is 18.1. The third-order valence-electron chi connectivity index (χ3n) is 8.67. The molecule has 0 radical (unpaired) electrons. The van der Waals surface area contributed by atoms with Crippen molar-refractivity contribution in [2.75, 3.05) is 47.4 Å². The van der Waals surface area contributed by atoms with E-state index in [4.69, 9.17) is 4.74 Å². The van der Waals surface area contributed by atoms with E-state index in [2.05, 4.69) is 22.2 Å². The second-order valence-corrected chi connectivity index (χ2v) is 13.4. The Balaban J connectivity index is 1.15. The molecule has 2 aliphatic carbocycles. The quantitative estimate of drug-likeness (QED) is 0.469. The van der Waals surface area contributed by atoms with Crippen LogP contribution in [0.15, 0.2) is 23.1 Å². The molecule has 1 saturated heterocycles. The van der Waals surface area contributed by atoms with Gasteiger partial charge in [-0.1, -0.05) is 0 Å². The van der Waals surface area contributed by atoms with Crippen LogP contribution >= 0.6 is 0 Å². The van der Waals surface area contributed by atoms with E-state index in [0.29, 0.717) is 17.4 Å². The lowest BCUT2D eigenvalue weighted by Gasteiger charge is -2.41. The maximum Gasteiger partial charge on any atom is 0.243 e. The normalized spacial score (nSPS) is 23.9. The Labute approximate surface area is 223 Å². The van der Waals surface area contributed by atoms with Gasteiger partial charge in [-0.25, -0.2) is 12.7 Å². The number of amides is 1. The van der Waals surface area contributed by atoms with Crippen LogP contribution in [0.25, 0.3) is 0 Å². The van der Waals surface area contributed by atoms with Crippen molar-refractivity contribution in [2.45, 2.75) is 87.7 Å². The van der Waals surface area contributed by atoms with Crippen LogP contribution in [0.1, 0.15) is 63.4 Å². The van der Waals surface area contributed by atoms with Gasteiger partial charge in [0.2, 0.25) is 15.9 Å². The molecule has 0 atom stereocenters. The summed E-state index contributed by atoms with van der Waals surface area (Å²) in [5, 5.41) is 3.16. The standard InChI is InChI=1S/C28H46N4O4S/c1-21-19-26(36-4)11-12-27(21)37(34,35)31(3)16-15-28(33)29-23-5-7-25(8-6-23)32-17-13-22(14-18-32)20-30(2)24-9-10-24/h11-12,19,22-25H,5-10,13-18,20H2,1-4H3,(H,29,33). The molecular weight excluding hydrogens is 488 g/mol. The topological polar surface area (TPSA) is 82.2 Å². The van der Waals surface area contributed by atoms with E-state index in [0.717, 1.165) is 37.6 Å². The van der Waals surface area contributed by atoms with Gasteiger partial charge in [-0.2, -0.15) is 0 Å². The van der Waals surface area contributed by atoms with Gasteiger partial charge in [0, 0.05) is 44.7 Å². The Morgan fingerprint density at radius 1 is 1.05 bits per heavy atom. The maximum absolute atomic E-state index is 13.0. The SMILES string of the molecule is COc1ccc(S(=O)(=O)N(C)CCC(=O)NC2CCC(N3CCC(CN(C)C4CC4)CC3)CC2)c(C)c1. The highest BCUT2D eigenvalue weighted by Gasteiger charge is 2.32. The number of carbonyl (C=O) groups is 1. The Hall–Kier alpha value is -1.68. The predicted molar refractivity (Wildman–Crippen MR) is 146 cm³/mol. The minimum atomic E-state index is -3.67. The van der Waals surface area contributed by atoms with Crippen LogP contribution in [0.4, 0.5) is 0 Å². The number of sulfonamides is 1. The summed E-state index contributed by atoms with van der Waals surface area (Å²) in [7, 11) is 1.71. The molecule has 37 heavy (non-hydrogen) atoms. The number of methoxy groups -OCH3 is 1. The summed E-state index contributed by atoms with van der Waals surface area (Å²) < 4.78 is 32.4. The summed E-state index contributed by atoms with van der Waals surface area (Å²) in [5.41, 5.74) is 0.627. The minimum absolute atomic E-state index is 0.0717. The Bertz CT molecular complexity index is 1010. The second-order valence-electron chi connectivity index (χ2n) is 11.4. The van der Waals surface area contributed by atoms with Crippen molar-refractivity contribution >= 4 is 15.9 Å². The Morgan fingerprint density at radius 2 is 1.73 bits per heavy atom. The van der Waals surface area contributed by atoms with Gasteiger partial charge in [-0.15, -0.1) is 0 Å². The van der Waals surface area contributed by atoms with Gasteiger partial charge in [0.05, 0.1) is 12.0 Å². The van der Waals surface area contributed by atoms with Crippen molar-refractivity contribution in [3.8, 4) is 5.75 Å². The second kappa shape index (κ2) is 12.5. The molecule has 8 nitrogen and oxygen atoms in total. The molecule has 1 aromatic rings. The molecular formula is C28H46N4O4S. The van der Waals surface area contributed by atoms with E-state index in [1.165, 1.54) is 56.7 Å². The first kappa shape index (κ1) is 28.3. The summed E-state index contributed by atoms with van der Waals surface area (Å²) in [6.45, 7) is 5.58. The molecule has 1 aliphatic heterocycles. The first-order valence-electron chi connectivity index (χ1n) is 14.0. The van der Waals surface area contributed by atoms with Crippen molar-refractivity contribution in [1.29, 1.82) is 0 Å². The fourth-order valence-electron chi connectivity index (χ4n) is 6.04. The molecule has 1 N–H and O–H groups in total. The number of ether oxygens (including phenoxy) is 1. The van der Waals surface area contributed by atoms with Crippen molar-refractivity contribution in [3.63, 3.8) is 0 Å². The molecule has 9 heteroatoms. The molecule has 1 heterocycles. The first-order chi connectivity index (χ1) is 17.7. The van der Waals surface area contributed by atoms with E-state index < -0.39 is 10.0 Å². The summed E-state index contributed by atoms with van der Waals surface area (Å²) in [6.07, 6.45) is 9.79. The molecule has 3 aliphatic rings. The van der Waals surface area contributed by atoms with E-state index in [-0.39, 0.29) is 29.8 Å². The summed E-state index contributed by atoms with van der Waals surface area (Å²) in [6, 6.07) is 6.60. The Kier molecular flexibility index (Phi) is 9.53. The smallest absolute Gasteiger partial charge is 0.243 e. The van der Waals surface area contributed by atoms with E-state index >= 15 is 0 Å². The number of nitrogens with zero attached hydrogens (tertiary/aromatic N) is 3. The zero-order chi connectivity index (χ0) is 26.6. The number of aryl methyl sites for hydroxylation is 1. The van der Waals surface area contributed by atoms with Crippen LogP contribution in [-0.2, 0) is 14.8 Å². The fourth-order valence-corrected chi connectivity index (χ4v) is 7.42. The molecule has 1 amide bonds. The molecule has 1 aromatic carbocycles. The first-order valence-corrected chi connectivity index (χ1v) is 15.5. The van der Waals surface area contributed by atoms with Gasteiger partial charge in [0.1, 0.15) is 5.75 Å². The molecule has 0 aromatic heterocycles. The monoisotopic (exact) mass is 534 g/mol. The third kappa shape index (κ3) is 7.46. The van der Waals surface area contributed by atoms with Gasteiger partial charge in [0.15, 0.2) is 0 Å². The van der Waals surface area contributed by atoms with Gasteiger partial charge in [-0.05, 0) is 108 Å². The van der Waals surface area contributed by atoms with E-state index in [1.807, 2.05) is 0 Å². The number of likely N-dealkylation sites (tertiary alicyclic amines) is 1. The zero-order valence-corrected chi connectivity index (χ0v) is 23.9. The largest absolute Gasteiger partial charge is 0.497 e. The molecule has 0 bridgehead atoms. The number of nitrogens with one attached hydrogen (secondary N) is 1. The van der Waals surface area contributed by atoms with Gasteiger partial charge < -0.3 is 19.9 Å². The molecule has 2 saturated carbocycles. The van der Waals surface area contributed by atoms with Gasteiger partial charge in [0.25, 0.3) is 0 Å². The molecule has 208 valence electrons. The van der Waals surface area contributed by atoms with Crippen LogP contribution in [0.3, 0.4) is 0 Å². The lowest BCUT2D eigenvalue weighted by molar-refractivity contribution is -0.122. The molecule has 3 fully saturated rings. The molecule has 4 rings (SSSR count). The third-order valence-corrected chi connectivity index (χ3v) is 10.7. The highest BCUT2D eigenvalue weighted by Crippen LogP contribution is 2.31. The van der Waals surface area contributed by atoms with Crippen LogP contribution < -0.4 is 10.1 Å². The van der Waals surface area contributed by atoms with Crippen molar-refractivity contribution in [2.24, 2.45) is 5.92 Å². The molecule has 0 unspecified atom stereocenters. The fraction of sp³-hybridized carbons (Fsp3) is 0.750. The average molecular weight is 535 g/mol. The Morgan fingerprint density at radius 3 is 2.32 bits per heavy atom. The number of piperidine rings is 1. The van der Waals surface area contributed by atoms with Crippen LogP contribution in [0, 0.1) is 12.8 Å². The lowest BCUT2D eigenvalue weighted by atomic mass is 9.87. The highest BCUT2D eigenvalue weighted by molar-refractivity contribution is 7.89. The summed E-state index contributed by atoms with van der Waals surface area (Å²) >= 11 is 0. The number of carbonyl (C=O) groups excluding carboxylic acids is 1. The van der Waals surface area contributed by atoms with Gasteiger partial charge >= 0.3 is 0 Å². The van der Waals surface area contributed by atoms with Crippen molar-refractivity contribution < 1.29 is 17.9 Å². The number of benzene rings is 1. The van der Waals surface area contributed by atoms with Crippen LogP contribution in [0.2, 0.25) is 0 Å². The van der Waals surface area contributed by atoms with Gasteiger partial charge in [-0.3, -0.25) is 4.79 Å². The van der Waals surface area contributed by atoms with Crippen molar-refractivity contribution in [1.82, 2.24) is 19.4 Å². The minimum Gasteiger partial charge on any atom is -0.497 e. The maximum atomic E-state index is 13.0. The highest BCUT2D eigenvalue weighted by atomic mass is 32.2. The number of hydrogen-bond acceptors (Lipinski definition) is 6. The molecule has 0 spiro atoms. The van der Waals surface area contributed by atoms with Crippen LogP contribution in [0.5, 0.6) is 5.75 Å². The van der Waals surface area contributed by atoms with Crippen molar-refractivity contribution in [3.05, 3.63) is 23.8 Å². The van der Waals surface area contributed by atoms with Crippen LogP contribution in [-0.4, -0.2) is 93.9 Å². The average Bonchev–Trinajstić information content (AvgIpc) is 3.74. The van der Waals surface area contributed by atoms with E-state index in [9.17, 15) is 13.2 Å². The van der Waals surface area contributed by atoms with E-state index in [1.54, 1.807) is 32.2 Å². The summed E-state index contributed by atoms with van der Waals surface area (Å²) in [5.74, 6) is 1.39. The predicted octanol–water partition coefficient (Wildman–Crippen LogP) is 3.25. The number of hydrogen-bond donors (Lipinski definition) is 1.